The summed E-state index contributed by atoms with van der Waals surface area (Å²) >= 11 is 4.85. The first-order chi connectivity index (χ1) is 13.6. The maximum absolute atomic E-state index is 12.1. The minimum Gasteiger partial charge on any atom is -0.486 e. The smallest absolute Gasteiger partial charge is 0.437 e. The molecule has 1 aliphatic rings. The highest BCUT2D eigenvalue weighted by Gasteiger charge is 2.17. The molecule has 10 heteroatoms. The van der Waals surface area contributed by atoms with Crippen LogP contribution in [0.15, 0.2) is 43.3 Å². The first-order valence-corrected chi connectivity index (χ1v) is 10.1. The molecule has 0 fully saturated rings. The van der Waals surface area contributed by atoms with Crippen LogP contribution in [0.2, 0.25) is 0 Å². The highest BCUT2D eigenvalue weighted by atomic mass is 79.9. The highest BCUT2D eigenvalue weighted by Crippen LogP contribution is 2.35. The van der Waals surface area contributed by atoms with Gasteiger partial charge in [0, 0.05) is 10.0 Å². The molecule has 0 radical (unpaired) electrons. The number of ether oxygens (including phenoxy) is 3. The molecular formula is C18H15BrN2O6S. The van der Waals surface area contributed by atoms with Crippen molar-refractivity contribution in [3.05, 3.63) is 50.2 Å². The lowest BCUT2D eigenvalue weighted by molar-refractivity contribution is -0.145. The van der Waals surface area contributed by atoms with Crippen molar-refractivity contribution in [3.8, 4) is 22.3 Å². The molecule has 28 heavy (non-hydrogen) atoms. The molecule has 2 aromatic heterocycles. The second-order valence-corrected chi connectivity index (χ2v) is 7.67. The molecule has 0 amide bonds. The Morgan fingerprint density at radius 2 is 2.07 bits per heavy atom. The molecule has 146 valence electrons. The van der Waals surface area contributed by atoms with Gasteiger partial charge in [-0.3, -0.25) is 4.79 Å². The molecule has 0 bridgehead atoms. The van der Waals surface area contributed by atoms with Crippen LogP contribution in [0.25, 0.3) is 10.8 Å². The molecule has 3 heterocycles. The molecule has 0 saturated heterocycles. The Labute approximate surface area is 171 Å². The fraction of sp³-hybridized carbons (Fsp3) is 0.278. The number of carbonyl (C=O) groups is 1. The molecule has 0 N–H and O–H groups in total. The Morgan fingerprint density at radius 1 is 1.29 bits per heavy atom. The number of aryl methyl sites for hydroxylation is 1. The van der Waals surface area contributed by atoms with E-state index < -0.39 is 11.7 Å². The van der Waals surface area contributed by atoms with Crippen molar-refractivity contribution in [2.45, 2.75) is 19.6 Å². The molecule has 3 aromatic rings. The van der Waals surface area contributed by atoms with Gasteiger partial charge in [-0.25, -0.2) is 4.79 Å². The SMILES string of the molecule is O=C(CCn1nc(-c2cccs2)oc1=O)OCc1cc2c(cc1Br)OCCO2. The minimum atomic E-state index is -0.606. The van der Waals surface area contributed by atoms with E-state index in [2.05, 4.69) is 21.0 Å². The lowest BCUT2D eigenvalue weighted by Gasteiger charge is -2.19. The number of hydrogen-bond acceptors (Lipinski definition) is 8. The normalized spacial score (nSPS) is 12.8. The van der Waals surface area contributed by atoms with Crippen LogP contribution in [-0.2, 0) is 22.7 Å². The predicted molar refractivity (Wildman–Crippen MR) is 104 cm³/mol. The van der Waals surface area contributed by atoms with Gasteiger partial charge in [0.1, 0.15) is 19.8 Å². The van der Waals surface area contributed by atoms with Gasteiger partial charge in [-0.05, 0) is 23.6 Å². The summed E-state index contributed by atoms with van der Waals surface area (Å²) in [6, 6.07) is 7.21. The topological polar surface area (TPSA) is 92.8 Å². The van der Waals surface area contributed by atoms with E-state index in [9.17, 15) is 9.59 Å². The van der Waals surface area contributed by atoms with Gasteiger partial charge < -0.3 is 18.6 Å². The summed E-state index contributed by atoms with van der Waals surface area (Å²) in [5.41, 5.74) is 0.760. The Kier molecular flexibility index (Phi) is 5.49. The highest BCUT2D eigenvalue weighted by molar-refractivity contribution is 9.10. The van der Waals surface area contributed by atoms with Crippen LogP contribution in [0.3, 0.4) is 0 Å². The molecule has 8 nitrogen and oxygen atoms in total. The largest absolute Gasteiger partial charge is 0.486 e. The zero-order valence-corrected chi connectivity index (χ0v) is 17.0. The van der Waals surface area contributed by atoms with Gasteiger partial charge in [0.25, 0.3) is 5.89 Å². The number of esters is 1. The third-order valence-corrected chi connectivity index (χ3v) is 5.56. The van der Waals surface area contributed by atoms with E-state index in [-0.39, 0.29) is 25.5 Å². The molecule has 0 unspecified atom stereocenters. The van der Waals surface area contributed by atoms with Crippen LogP contribution in [0, 0.1) is 0 Å². The third kappa shape index (κ3) is 4.12. The zero-order chi connectivity index (χ0) is 19.5. The van der Waals surface area contributed by atoms with Gasteiger partial charge in [-0.15, -0.1) is 16.4 Å². The minimum absolute atomic E-state index is 0.00150. The molecule has 1 aromatic carbocycles. The van der Waals surface area contributed by atoms with Crippen molar-refractivity contribution in [2.75, 3.05) is 13.2 Å². The van der Waals surface area contributed by atoms with Crippen molar-refractivity contribution < 1.29 is 23.4 Å². The van der Waals surface area contributed by atoms with Crippen LogP contribution < -0.4 is 15.2 Å². The first-order valence-electron chi connectivity index (χ1n) is 8.45. The maximum Gasteiger partial charge on any atom is 0.437 e. The summed E-state index contributed by atoms with van der Waals surface area (Å²) in [4.78, 5) is 24.7. The number of thiophene rings is 1. The van der Waals surface area contributed by atoms with Gasteiger partial charge >= 0.3 is 11.7 Å². The molecule has 0 aliphatic carbocycles. The first kappa shape index (κ1) is 18.8. The lowest BCUT2D eigenvalue weighted by Crippen LogP contribution is -2.19. The van der Waals surface area contributed by atoms with Crippen LogP contribution in [0.4, 0.5) is 0 Å². The van der Waals surface area contributed by atoms with Crippen LogP contribution in [0.1, 0.15) is 12.0 Å². The zero-order valence-electron chi connectivity index (χ0n) is 14.6. The second-order valence-electron chi connectivity index (χ2n) is 5.87. The number of nitrogens with zero attached hydrogens (tertiary/aromatic N) is 2. The van der Waals surface area contributed by atoms with Gasteiger partial charge in [0.15, 0.2) is 11.5 Å². The number of rotatable bonds is 6. The quantitative estimate of drug-likeness (QED) is 0.514. The second kappa shape index (κ2) is 8.19. The summed E-state index contributed by atoms with van der Waals surface area (Å²) in [6.07, 6.45) is -0.00150. The molecule has 0 spiro atoms. The summed E-state index contributed by atoms with van der Waals surface area (Å²) < 4.78 is 23.3. The monoisotopic (exact) mass is 466 g/mol. The molecular weight excluding hydrogens is 452 g/mol. The number of halogens is 1. The van der Waals surface area contributed by atoms with Gasteiger partial charge in [-0.2, -0.15) is 4.68 Å². The van der Waals surface area contributed by atoms with Crippen LogP contribution in [-0.4, -0.2) is 29.0 Å². The fourth-order valence-corrected chi connectivity index (χ4v) is 3.67. The van der Waals surface area contributed by atoms with Crippen molar-refractivity contribution in [2.24, 2.45) is 0 Å². The van der Waals surface area contributed by atoms with E-state index in [1.807, 2.05) is 11.4 Å². The summed E-state index contributed by atoms with van der Waals surface area (Å²) in [6.45, 7) is 1.14. The Bertz CT molecular complexity index is 1040. The average Bonchev–Trinajstić information content (AvgIpc) is 3.34. The van der Waals surface area contributed by atoms with Crippen molar-refractivity contribution in [1.82, 2.24) is 9.78 Å². The number of fused-ring (bicyclic) bond motifs is 1. The van der Waals surface area contributed by atoms with E-state index in [0.29, 0.717) is 24.7 Å². The molecule has 0 atom stereocenters. The van der Waals surface area contributed by atoms with Crippen LogP contribution in [0.5, 0.6) is 11.5 Å². The standard InChI is InChI=1S/C18H15BrN2O6S/c19-12-9-14-13(24-5-6-25-14)8-11(12)10-26-16(22)3-4-21-18(23)27-17(20-21)15-2-1-7-28-15/h1-2,7-9H,3-6,10H2. The van der Waals surface area contributed by atoms with Crippen molar-refractivity contribution >= 4 is 33.2 Å². The van der Waals surface area contributed by atoms with Crippen molar-refractivity contribution in [1.29, 1.82) is 0 Å². The molecule has 1 aliphatic heterocycles. The van der Waals surface area contributed by atoms with Crippen LogP contribution >= 0.6 is 27.3 Å². The number of carbonyl (C=O) groups excluding carboxylic acids is 1. The Hall–Kier alpha value is -2.59. The van der Waals surface area contributed by atoms with E-state index in [0.717, 1.165) is 19.6 Å². The van der Waals surface area contributed by atoms with Gasteiger partial charge in [-0.1, -0.05) is 22.0 Å². The van der Waals surface area contributed by atoms with E-state index in [1.54, 1.807) is 18.2 Å². The molecule has 4 rings (SSSR count). The van der Waals surface area contributed by atoms with E-state index >= 15 is 0 Å². The van der Waals surface area contributed by atoms with Crippen molar-refractivity contribution in [3.63, 3.8) is 0 Å². The summed E-state index contributed by atoms with van der Waals surface area (Å²) in [5.74, 6) is 0.463. The van der Waals surface area contributed by atoms with E-state index in [4.69, 9.17) is 18.6 Å². The lowest BCUT2D eigenvalue weighted by atomic mass is 10.2. The Balaban J connectivity index is 1.34. The summed E-state index contributed by atoms with van der Waals surface area (Å²) in [7, 11) is 0. The molecule has 0 saturated carbocycles. The average molecular weight is 467 g/mol. The third-order valence-electron chi connectivity index (χ3n) is 3.97. The van der Waals surface area contributed by atoms with E-state index in [1.165, 1.54) is 11.3 Å². The Morgan fingerprint density at radius 3 is 2.82 bits per heavy atom. The van der Waals surface area contributed by atoms with Gasteiger partial charge in [0.05, 0.1) is 17.8 Å². The van der Waals surface area contributed by atoms with Gasteiger partial charge in [0.2, 0.25) is 0 Å². The summed E-state index contributed by atoms with van der Waals surface area (Å²) in [5, 5.41) is 5.97. The predicted octanol–water partition coefficient (Wildman–Crippen LogP) is 3.23. The fourth-order valence-electron chi connectivity index (χ4n) is 2.59. The number of hydrogen-bond donors (Lipinski definition) is 0. The number of benzene rings is 1. The maximum atomic E-state index is 12.1. The number of aromatic nitrogens is 2.